The molecule has 1 saturated heterocycles. The molecule has 1 aliphatic rings. The first kappa shape index (κ1) is 14.4. The molecule has 0 saturated carbocycles. The summed E-state index contributed by atoms with van der Waals surface area (Å²) in [5.74, 6) is 0.273. The zero-order chi connectivity index (χ0) is 13.7. The Morgan fingerprint density at radius 2 is 2.21 bits per heavy atom. The summed E-state index contributed by atoms with van der Waals surface area (Å²) >= 11 is 1.73. The number of nitrogens with zero attached hydrogens (tertiary/aromatic N) is 2. The zero-order valence-electron chi connectivity index (χ0n) is 11.7. The van der Waals surface area contributed by atoms with Gasteiger partial charge in [0, 0.05) is 24.5 Å². The van der Waals surface area contributed by atoms with E-state index in [9.17, 15) is 4.79 Å². The molecule has 0 bridgehead atoms. The van der Waals surface area contributed by atoms with E-state index >= 15 is 0 Å². The van der Waals surface area contributed by atoms with Crippen LogP contribution in [0.25, 0.3) is 0 Å². The molecule has 4 heteroatoms. The van der Waals surface area contributed by atoms with Crippen LogP contribution in [0.2, 0.25) is 0 Å². The van der Waals surface area contributed by atoms with Crippen molar-refractivity contribution in [2.75, 3.05) is 6.54 Å². The molecule has 0 aromatic carbocycles. The summed E-state index contributed by atoms with van der Waals surface area (Å²) in [5.41, 5.74) is 1.14. The quantitative estimate of drug-likeness (QED) is 0.745. The first-order chi connectivity index (χ1) is 9.24. The first-order valence-electron chi connectivity index (χ1n) is 7.10. The Bertz CT molecular complexity index is 410. The Kier molecular flexibility index (Phi) is 5.25. The maximum Gasteiger partial charge on any atom is 0.236 e. The van der Waals surface area contributed by atoms with E-state index in [0.29, 0.717) is 0 Å². The normalized spacial score (nSPS) is 23.1. The van der Waals surface area contributed by atoms with Crippen LogP contribution in [0.1, 0.15) is 50.5 Å². The average molecular weight is 278 g/mol. The summed E-state index contributed by atoms with van der Waals surface area (Å²) in [6, 6.07) is 4.01. The molecule has 1 aromatic rings. The van der Waals surface area contributed by atoms with Crippen molar-refractivity contribution in [1.82, 2.24) is 9.88 Å². The molecule has 1 amide bonds. The van der Waals surface area contributed by atoms with Gasteiger partial charge < -0.3 is 4.90 Å². The third-order valence-electron chi connectivity index (χ3n) is 3.47. The molecule has 104 valence electrons. The van der Waals surface area contributed by atoms with Crippen LogP contribution in [0.5, 0.6) is 0 Å². The lowest BCUT2D eigenvalue weighted by Crippen LogP contribution is -2.31. The highest BCUT2D eigenvalue weighted by atomic mass is 32.2. The number of carbonyl (C=O) groups is 1. The monoisotopic (exact) mass is 278 g/mol. The molecule has 2 rings (SSSR count). The number of carbonyl (C=O) groups excluding carboxylic acids is 1. The van der Waals surface area contributed by atoms with Gasteiger partial charge in [-0.15, -0.1) is 11.8 Å². The molecule has 1 aromatic heterocycles. The van der Waals surface area contributed by atoms with Crippen molar-refractivity contribution < 1.29 is 4.79 Å². The van der Waals surface area contributed by atoms with E-state index in [0.717, 1.165) is 18.5 Å². The molecule has 0 radical (unpaired) electrons. The van der Waals surface area contributed by atoms with Crippen LogP contribution in [-0.2, 0) is 4.79 Å². The van der Waals surface area contributed by atoms with Crippen molar-refractivity contribution in [2.45, 2.75) is 50.2 Å². The lowest BCUT2D eigenvalue weighted by atomic mass is 10.2. The number of hydrogen-bond acceptors (Lipinski definition) is 3. The predicted molar refractivity (Wildman–Crippen MR) is 79.9 cm³/mol. The van der Waals surface area contributed by atoms with Gasteiger partial charge in [0.2, 0.25) is 5.91 Å². The fraction of sp³-hybridized carbons (Fsp3) is 0.600. The maximum absolute atomic E-state index is 12.2. The number of unbranched alkanes of at least 4 members (excludes halogenated alkanes) is 3. The van der Waals surface area contributed by atoms with Crippen LogP contribution in [0, 0.1) is 0 Å². The van der Waals surface area contributed by atoms with E-state index in [2.05, 4.69) is 18.0 Å². The van der Waals surface area contributed by atoms with Crippen LogP contribution in [0.4, 0.5) is 0 Å². The molecule has 19 heavy (non-hydrogen) atoms. The van der Waals surface area contributed by atoms with Crippen molar-refractivity contribution in [3.8, 4) is 0 Å². The Labute approximate surface area is 119 Å². The lowest BCUT2D eigenvalue weighted by Gasteiger charge is -2.23. The van der Waals surface area contributed by atoms with Gasteiger partial charge in [0.05, 0.1) is 5.25 Å². The second-order valence-electron chi connectivity index (χ2n) is 5.01. The topological polar surface area (TPSA) is 33.2 Å². The Balaban J connectivity index is 2.02. The SMILES string of the molecule is CCCCCCN1C(=O)C(C)SC1c1cccnc1. The van der Waals surface area contributed by atoms with Crippen molar-refractivity contribution >= 4 is 17.7 Å². The number of rotatable bonds is 6. The molecule has 0 N–H and O–H groups in total. The van der Waals surface area contributed by atoms with Crippen molar-refractivity contribution in [3.05, 3.63) is 30.1 Å². The van der Waals surface area contributed by atoms with Gasteiger partial charge in [0.1, 0.15) is 5.37 Å². The van der Waals surface area contributed by atoms with Crippen LogP contribution >= 0.6 is 11.8 Å². The third-order valence-corrected chi connectivity index (χ3v) is 4.86. The highest BCUT2D eigenvalue weighted by molar-refractivity contribution is 8.01. The lowest BCUT2D eigenvalue weighted by molar-refractivity contribution is -0.129. The van der Waals surface area contributed by atoms with Gasteiger partial charge in [-0.2, -0.15) is 0 Å². The maximum atomic E-state index is 12.2. The van der Waals surface area contributed by atoms with Crippen LogP contribution < -0.4 is 0 Å². The number of thioether (sulfide) groups is 1. The number of amides is 1. The Morgan fingerprint density at radius 3 is 2.89 bits per heavy atom. The largest absolute Gasteiger partial charge is 0.326 e. The van der Waals surface area contributed by atoms with Gasteiger partial charge in [-0.05, 0) is 19.4 Å². The molecule has 1 fully saturated rings. The van der Waals surface area contributed by atoms with Crippen LogP contribution in [0.15, 0.2) is 24.5 Å². The Hall–Kier alpha value is -1.03. The van der Waals surface area contributed by atoms with Gasteiger partial charge in [0.15, 0.2) is 0 Å². The minimum absolute atomic E-state index is 0.0661. The summed E-state index contributed by atoms with van der Waals surface area (Å²) in [6.45, 7) is 5.08. The van der Waals surface area contributed by atoms with Gasteiger partial charge in [-0.25, -0.2) is 0 Å². The van der Waals surface area contributed by atoms with Crippen LogP contribution in [-0.4, -0.2) is 27.6 Å². The zero-order valence-corrected chi connectivity index (χ0v) is 12.5. The number of aromatic nitrogens is 1. The van der Waals surface area contributed by atoms with Crippen molar-refractivity contribution in [2.24, 2.45) is 0 Å². The molecular weight excluding hydrogens is 256 g/mol. The van der Waals surface area contributed by atoms with Crippen molar-refractivity contribution in [1.29, 1.82) is 0 Å². The summed E-state index contributed by atoms with van der Waals surface area (Å²) in [6.07, 6.45) is 8.44. The van der Waals surface area contributed by atoms with Gasteiger partial charge in [-0.1, -0.05) is 32.3 Å². The minimum Gasteiger partial charge on any atom is -0.326 e. The summed E-state index contributed by atoms with van der Waals surface area (Å²) in [4.78, 5) is 18.4. The summed E-state index contributed by atoms with van der Waals surface area (Å²) in [5, 5.41) is 0.217. The fourth-order valence-electron chi connectivity index (χ4n) is 2.39. The molecule has 1 aliphatic heterocycles. The molecule has 0 spiro atoms. The second kappa shape index (κ2) is 6.94. The fourth-order valence-corrected chi connectivity index (χ4v) is 3.68. The number of pyridine rings is 1. The summed E-state index contributed by atoms with van der Waals surface area (Å²) in [7, 11) is 0. The molecule has 2 atom stereocenters. The number of hydrogen-bond donors (Lipinski definition) is 0. The highest BCUT2D eigenvalue weighted by Gasteiger charge is 2.37. The second-order valence-corrected chi connectivity index (χ2v) is 6.44. The molecular formula is C15H22N2OS. The smallest absolute Gasteiger partial charge is 0.236 e. The first-order valence-corrected chi connectivity index (χ1v) is 8.04. The summed E-state index contributed by atoms with van der Waals surface area (Å²) < 4.78 is 0. The van der Waals surface area contributed by atoms with Gasteiger partial charge >= 0.3 is 0 Å². The standard InChI is InChI=1S/C15H22N2OS/c1-3-4-5-6-10-17-14(18)12(2)19-15(17)13-8-7-9-16-11-13/h7-9,11-12,15H,3-6,10H2,1-2H3. The van der Waals surface area contributed by atoms with E-state index in [1.807, 2.05) is 24.1 Å². The third kappa shape index (κ3) is 3.50. The predicted octanol–water partition coefficient (Wildman–Crippen LogP) is 3.62. The Morgan fingerprint density at radius 1 is 1.37 bits per heavy atom. The van der Waals surface area contributed by atoms with E-state index in [1.54, 1.807) is 18.0 Å². The molecule has 3 nitrogen and oxygen atoms in total. The molecule has 2 unspecified atom stereocenters. The van der Waals surface area contributed by atoms with E-state index < -0.39 is 0 Å². The van der Waals surface area contributed by atoms with Crippen LogP contribution in [0.3, 0.4) is 0 Å². The minimum atomic E-state index is 0.0661. The van der Waals surface area contributed by atoms with E-state index in [1.165, 1.54) is 19.3 Å². The molecule has 0 aliphatic carbocycles. The van der Waals surface area contributed by atoms with Gasteiger partial charge in [-0.3, -0.25) is 9.78 Å². The van der Waals surface area contributed by atoms with Crippen molar-refractivity contribution in [3.63, 3.8) is 0 Å². The van der Waals surface area contributed by atoms with E-state index in [-0.39, 0.29) is 16.5 Å². The van der Waals surface area contributed by atoms with Gasteiger partial charge in [0.25, 0.3) is 0 Å². The van der Waals surface area contributed by atoms with E-state index in [4.69, 9.17) is 0 Å². The average Bonchev–Trinajstić information content (AvgIpc) is 2.72. The molecule has 2 heterocycles. The highest BCUT2D eigenvalue weighted by Crippen LogP contribution is 2.42.